The monoisotopic (exact) mass is 337 g/mol. The molecule has 0 unspecified atom stereocenters. The standard InChI is InChI=1S/C13H16FN7O3/c1-4-19-11(14)9(6-16-19)5-15-18-12(22)13(2,3)20-8-10(7-17-20)21(23)24/h5-8H,4H2,1-3H3,(H,18,22)/b15-5+. The van der Waals surface area contributed by atoms with Crippen molar-refractivity contribution in [3.63, 3.8) is 0 Å². The summed E-state index contributed by atoms with van der Waals surface area (Å²) in [6, 6.07) is 0. The normalized spacial score (nSPS) is 11.8. The van der Waals surface area contributed by atoms with E-state index in [9.17, 15) is 19.3 Å². The van der Waals surface area contributed by atoms with Crippen LogP contribution in [-0.2, 0) is 16.9 Å². The zero-order valence-corrected chi connectivity index (χ0v) is 13.3. The molecule has 128 valence electrons. The molecular formula is C13H16FN7O3. The molecule has 10 nitrogen and oxygen atoms in total. The number of nitro groups is 1. The van der Waals surface area contributed by atoms with Crippen molar-refractivity contribution in [3.8, 4) is 0 Å². The Balaban J connectivity index is 2.08. The van der Waals surface area contributed by atoms with Crippen molar-refractivity contribution in [2.75, 3.05) is 0 Å². The first-order valence-electron chi connectivity index (χ1n) is 7.01. The van der Waals surface area contributed by atoms with Crippen molar-refractivity contribution in [1.82, 2.24) is 25.0 Å². The summed E-state index contributed by atoms with van der Waals surface area (Å²) in [4.78, 5) is 22.3. The molecule has 11 heteroatoms. The number of nitrogens with one attached hydrogen (secondary N) is 1. The van der Waals surface area contributed by atoms with Crippen LogP contribution in [0.25, 0.3) is 0 Å². The molecule has 1 amide bonds. The Hall–Kier alpha value is -3.11. The van der Waals surface area contributed by atoms with E-state index < -0.39 is 22.3 Å². The largest absolute Gasteiger partial charge is 0.307 e. The summed E-state index contributed by atoms with van der Waals surface area (Å²) in [5, 5.41) is 22.0. The molecule has 2 rings (SSSR count). The zero-order chi connectivity index (χ0) is 17.9. The Morgan fingerprint density at radius 1 is 1.50 bits per heavy atom. The maximum atomic E-state index is 13.8. The van der Waals surface area contributed by atoms with Gasteiger partial charge in [0.1, 0.15) is 17.9 Å². The molecule has 1 N–H and O–H groups in total. The average Bonchev–Trinajstić information content (AvgIpc) is 3.15. The summed E-state index contributed by atoms with van der Waals surface area (Å²) in [7, 11) is 0. The first-order chi connectivity index (χ1) is 11.3. The number of aromatic nitrogens is 4. The molecule has 2 aromatic rings. The summed E-state index contributed by atoms with van der Waals surface area (Å²) >= 11 is 0. The summed E-state index contributed by atoms with van der Waals surface area (Å²) in [5.41, 5.74) is 0.936. The van der Waals surface area contributed by atoms with Crippen LogP contribution in [-0.4, -0.2) is 36.6 Å². The van der Waals surface area contributed by atoms with E-state index in [-0.39, 0.29) is 11.3 Å². The molecular weight excluding hydrogens is 321 g/mol. The van der Waals surface area contributed by atoms with Crippen LogP contribution in [0.2, 0.25) is 0 Å². The number of amides is 1. The van der Waals surface area contributed by atoms with Crippen molar-refractivity contribution < 1.29 is 14.1 Å². The molecule has 2 aromatic heterocycles. The molecule has 0 aliphatic carbocycles. The van der Waals surface area contributed by atoms with Crippen LogP contribution in [0.4, 0.5) is 10.1 Å². The summed E-state index contributed by atoms with van der Waals surface area (Å²) < 4.78 is 16.1. The third-order valence-electron chi connectivity index (χ3n) is 3.38. The Morgan fingerprint density at radius 2 is 2.21 bits per heavy atom. The molecule has 0 fully saturated rings. The SMILES string of the molecule is CCn1ncc(/C=N/NC(=O)C(C)(C)n2cc([N+](=O)[O-])cn2)c1F. The third kappa shape index (κ3) is 3.29. The fourth-order valence-electron chi connectivity index (χ4n) is 1.81. The lowest BCUT2D eigenvalue weighted by atomic mass is 10.1. The number of rotatable bonds is 6. The lowest BCUT2D eigenvalue weighted by Gasteiger charge is -2.22. The van der Waals surface area contributed by atoms with E-state index in [0.717, 1.165) is 28.0 Å². The minimum Gasteiger partial charge on any atom is -0.270 e. The van der Waals surface area contributed by atoms with Crippen LogP contribution in [0.1, 0.15) is 26.3 Å². The minimum absolute atomic E-state index is 0.129. The molecule has 0 atom stereocenters. The van der Waals surface area contributed by atoms with Crippen LogP contribution in [0.5, 0.6) is 0 Å². The Bertz CT molecular complexity index is 793. The highest BCUT2D eigenvalue weighted by atomic mass is 19.1. The maximum absolute atomic E-state index is 13.8. The van der Waals surface area contributed by atoms with Crippen molar-refractivity contribution >= 4 is 17.8 Å². The molecule has 0 saturated heterocycles. The number of nitrogens with zero attached hydrogens (tertiary/aromatic N) is 6. The summed E-state index contributed by atoms with van der Waals surface area (Å²) in [5.74, 6) is -1.13. The van der Waals surface area contributed by atoms with Crippen molar-refractivity contribution in [2.24, 2.45) is 5.10 Å². The van der Waals surface area contributed by atoms with Crippen LogP contribution < -0.4 is 5.43 Å². The predicted octanol–water partition coefficient (Wildman–Crippen LogP) is 1.03. The number of hydrogen-bond donors (Lipinski definition) is 1. The van der Waals surface area contributed by atoms with E-state index in [0.29, 0.717) is 6.54 Å². The first kappa shape index (κ1) is 17.2. The van der Waals surface area contributed by atoms with Gasteiger partial charge in [-0.1, -0.05) is 0 Å². The van der Waals surface area contributed by atoms with Gasteiger partial charge in [0.05, 0.1) is 22.9 Å². The Kier molecular flexibility index (Phi) is 4.71. The van der Waals surface area contributed by atoms with Crippen molar-refractivity contribution in [1.29, 1.82) is 0 Å². The van der Waals surface area contributed by atoms with E-state index >= 15 is 0 Å². The van der Waals surface area contributed by atoms with Gasteiger partial charge in [-0.15, -0.1) is 0 Å². The predicted molar refractivity (Wildman–Crippen MR) is 81.8 cm³/mol. The van der Waals surface area contributed by atoms with E-state index in [1.54, 1.807) is 6.92 Å². The zero-order valence-electron chi connectivity index (χ0n) is 13.3. The fourth-order valence-corrected chi connectivity index (χ4v) is 1.81. The minimum atomic E-state index is -1.22. The number of hydrogen-bond acceptors (Lipinski definition) is 6. The average molecular weight is 337 g/mol. The molecule has 0 spiro atoms. The highest BCUT2D eigenvalue weighted by molar-refractivity contribution is 5.85. The van der Waals surface area contributed by atoms with Crippen LogP contribution >= 0.6 is 0 Å². The highest BCUT2D eigenvalue weighted by Gasteiger charge is 2.32. The maximum Gasteiger partial charge on any atom is 0.307 e. The first-order valence-corrected chi connectivity index (χ1v) is 7.01. The molecule has 0 bridgehead atoms. The molecule has 0 aliphatic rings. The summed E-state index contributed by atoms with van der Waals surface area (Å²) in [6.45, 7) is 5.15. The third-order valence-corrected chi connectivity index (χ3v) is 3.38. The van der Waals surface area contributed by atoms with Gasteiger partial charge in [-0.3, -0.25) is 19.6 Å². The molecule has 0 aliphatic heterocycles. The van der Waals surface area contributed by atoms with Gasteiger partial charge in [0.2, 0.25) is 5.95 Å². The number of carbonyl (C=O) groups excluding carboxylic acids is 1. The second-order valence-corrected chi connectivity index (χ2v) is 5.36. The van der Waals surface area contributed by atoms with E-state index in [1.165, 1.54) is 20.0 Å². The number of halogens is 1. The van der Waals surface area contributed by atoms with Gasteiger partial charge in [-0.05, 0) is 20.8 Å². The lowest BCUT2D eigenvalue weighted by Crippen LogP contribution is -2.42. The molecule has 0 saturated carbocycles. The van der Waals surface area contributed by atoms with Crippen LogP contribution in [0.3, 0.4) is 0 Å². The lowest BCUT2D eigenvalue weighted by molar-refractivity contribution is -0.385. The van der Waals surface area contributed by atoms with E-state index in [2.05, 4.69) is 20.7 Å². The van der Waals surface area contributed by atoms with Gasteiger partial charge >= 0.3 is 5.69 Å². The van der Waals surface area contributed by atoms with Crippen molar-refractivity contribution in [3.05, 3.63) is 40.2 Å². The number of carbonyl (C=O) groups is 1. The van der Waals surface area contributed by atoms with Gasteiger partial charge in [0.15, 0.2) is 0 Å². The fraction of sp³-hybridized carbons (Fsp3) is 0.385. The van der Waals surface area contributed by atoms with Gasteiger partial charge in [0, 0.05) is 6.54 Å². The van der Waals surface area contributed by atoms with Gasteiger partial charge in [-0.2, -0.15) is 19.7 Å². The molecule has 2 heterocycles. The molecule has 24 heavy (non-hydrogen) atoms. The van der Waals surface area contributed by atoms with E-state index in [1.807, 2.05) is 0 Å². The number of aryl methyl sites for hydroxylation is 1. The van der Waals surface area contributed by atoms with Crippen LogP contribution in [0.15, 0.2) is 23.7 Å². The van der Waals surface area contributed by atoms with Crippen LogP contribution in [0, 0.1) is 16.1 Å². The van der Waals surface area contributed by atoms with Crippen molar-refractivity contribution in [2.45, 2.75) is 32.9 Å². The number of hydrazone groups is 1. The van der Waals surface area contributed by atoms with Gasteiger partial charge in [-0.25, -0.2) is 10.1 Å². The second kappa shape index (κ2) is 6.56. The highest BCUT2D eigenvalue weighted by Crippen LogP contribution is 2.18. The Morgan fingerprint density at radius 3 is 2.75 bits per heavy atom. The second-order valence-electron chi connectivity index (χ2n) is 5.36. The molecule has 0 aromatic carbocycles. The quantitative estimate of drug-likeness (QED) is 0.479. The Labute approximate surface area is 136 Å². The smallest absolute Gasteiger partial charge is 0.270 e. The van der Waals surface area contributed by atoms with E-state index in [4.69, 9.17) is 0 Å². The summed E-state index contributed by atoms with van der Waals surface area (Å²) in [6.07, 6.45) is 4.62. The van der Waals surface area contributed by atoms with Gasteiger partial charge in [0.25, 0.3) is 5.91 Å². The van der Waals surface area contributed by atoms with Gasteiger partial charge < -0.3 is 0 Å². The molecule has 0 radical (unpaired) electrons. The topological polar surface area (TPSA) is 120 Å².